The summed E-state index contributed by atoms with van der Waals surface area (Å²) in [7, 11) is 1.87. The molecule has 0 aromatic rings. The highest BCUT2D eigenvalue weighted by atomic mass is 16.5. The zero-order chi connectivity index (χ0) is 15.1. The molecule has 2 fully saturated rings. The second-order valence-corrected chi connectivity index (χ2v) is 7.64. The van der Waals surface area contributed by atoms with Crippen molar-refractivity contribution in [2.45, 2.75) is 77.7 Å². The lowest BCUT2D eigenvalue weighted by atomic mass is 9.84. The van der Waals surface area contributed by atoms with E-state index in [1.165, 1.54) is 77.4 Å². The Bertz CT molecular complexity index is 273. The van der Waals surface area contributed by atoms with Gasteiger partial charge in [0.25, 0.3) is 0 Å². The van der Waals surface area contributed by atoms with Crippen LogP contribution in [0.1, 0.15) is 71.6 Å². The molecular weight excluding hydrogens is 258 g/mol. The first-order chi connectivity index (χ1) is 10.2. The van der Waals surface area contributed by atoms with E-state index in [0.29, 0.717) is 6.10 Å². The second kappa shape index (κ2) is 9.15. The molecular formula is C19H37NO. The average molecular weight is 296 g/mol. The van der Waals surface area contributed by atoms with E-state index < -0.39 is 0 Å². The topological polar surface area (TPSA) is 12.5 Å². The van der Waals surface area contributed by atoms with Gasteiger partial charge < -0.3 is 9.64 Å². The van der Waals surface area contributed by atoms with Crippen molar-refractivity contribution in [1.29, 1.82) is 0 Å². The van der Waals surface area contributed by atoms with Gasteiger partial charge in [0.15, 0.2) is 0 Å². The molecule has 2 aliphatic rings. The average Bonchev–Trinajstić information content (AvgIpc) is 2.97. The zero-order valence-electron chi connectivity index (χ0n) is 14.7. The van der Waals surface area contributed by atoms with Crippen LogP contribution in [-0.4, -0.2) is 37.7 Å². The van der Waals surface area contributed by atoms with Crippen LogP contribution in [0.2, 0.25) is 0 Å². The van der Waals surface area contributed by atoms with Crippen molar-refractivity contribution in [2.75, 3.05) is 26.7 Å². The molecule has 1 aliphatic heterocycles. The van der Waals surface area contributed by atoms with Crippen molar-refractivity contribution in [3.8, 4) is 0 Å². The molecule has 0 amide bonds. The van der Waals surface area contributed by atoms with E-state index in [2.05, 4.69) is 18.7 Å². The lowest BCUT2D eigenvalue weighted by Gasteiger charge is -2.28. The lowest BCUT2D eigenvalue weighted by Crippen LogP contribution is -2.25. The molecule has 0 spiro atoms. The number of nitrogens with zero attached hydrogens (tertiary/aromatic N) is 1. The number of hydrogen-bond donors (Lipinski definition) is 0. The van der Waals surface area contributed by atoms with Gasteiger partial charge >= 0.3 is 0 Å². The first-order valence-electron chi connectivity index (χ1n) is 9.48. The minimum absolute atomic E-state index is 0.556. The van der Waals surface area contributed by atoms with Crippen molar-refractivity contribution < 1.29 is 4.74 Å². The van der Waals surface area contributed by atoms with Crippen LogP contribution in [0, 0.1) is 17.8 Å². The Morgan fingerprint density at radius 3 is 2.57 bits per heavy atom. The summed E-state index contributed by atoms with van der Waals surface area (Å²) < 4.78 is 5.47. The second-order valence-electron chi connectivity index (χ2n) is 7.64. The Hall–Kier alpha value is -0.0800. The Morgan fingerprint density at radius 2 is 1.90 bits per heavy atom. The van der Waals surface area contributed by atoms with E-state index in [-0.39, 0.29) is 0 Å². The van der Waals surface area contributed by atoms with Gasteiger partial charge in [0, 0.05) is 13.7 Å². The number of ether oxygens (including phenoxy) is 1. The SMILES string of the molecule is CCCC(C)C1CCN(CCC[C@H]2CC[C@H](OC)CC2)C1. The van der Waals surface area contributed by atoms with E-state index >= 15 is 0 Å². The molecule has 21 heavy (non-hydrogen) atoms. The van der Waals surface area contributed by atoms with Crippen LogP contribution in [-0.2, 0) is 4.74 Å². The van der Waals surface area contributed by atoms with Crippen molar-refractivity contribution in [1.82, 2.24) is 4.90 Å². The van der Waals surface area contributed by atoms with Gasteiger partial charge in [0.1, 0.15) is 0 Å². The van der Waals surface area contributed by atoms with Gasteiger partial charge in [0.2, 0.25) is 0 Å². The Balaban J connectivity index is 1.56. The molecule has 2 rings (SSSR count). The predicted octanol–water partition coefficient (Wildman–Crippen LogP) is 4.73. The Kier molecular flexibility index (Phi) is 7.53. The van der Waals surface area contributed by atoms with Crippen LogP contribution >= 0.6 is 0 Å². The third-order valence-electron chi connectivity index (χ3n) is 6.07. The minimum atomic E-state index is 0.556. The normalized spacial score (nSPS) is 32.4. The lowest BCUT2D eigenvalue weighted by molar-refractivity contribution is 0.0548. The van der Waals surface area contributed by atoms with Gasteiger partial charge in [-0.05, 0) is 75.8 Å². The molecule has 2 atom stereocenters. The maximum Gasteiger partial charge on any atom is 0.0571 e. The molecule has 0 radical (unpaired) electrons. The van der Waals surface area contributed by atoms with E-state index in [9.17, 15) is 0 Å². The summed E-state index contributed by atoms with van der Waals surface area (Å²) in [6.45, 7) is 8.86. The fraction of sp³-hybridized carbons (Fsp3) is 1.00. The minimum Gasteiger partial charge on any atom is -0.381 e. The van der Waals surface area contributed by atoms with Crippen LogP contribution in [0.15, 0.2) is 0 Å². The molecule has 0 bridgehead atoms. The van der Waals surface area contributed by atoms with Crippen LogP contribution < -0.4 is 0 Å². The molecule has 1 saturated heterocycles. The largest absolute Gasteiger partial charge is 0.381 e. The highest BCUT2D eigenvalue weighted by Crippen LogP contribution is 2.30. The van der Waals surface area contributed by atoms with Gasteiger partial charge in [0.05, 0.1) is 6.10 Å². The highest BCUT2D eigenvalue weighted by molar-refractivity contribution is 4.80. The summed E-state index contributed by atoms with van der Waals surface area (Å²) in [5.74, 6) is 2.89. The summed E-state index contributed by atoms with van der Waals surface area (Å²) in [6.07, 6.45) is 13.0. The molecule has 1 heterocycles. The van der Waals surface area contributed by atoms with Crippen molar-refractivity contribution in [3.05, 3.63) is 0 Å². The fourth-order valence-corrected chi connectivity index (χ4v) is 4.48. The van der Waals surface area contributed by atoms with Crippen molar-refractivity contribution in [3.63, 3.8) is 0 Å². The van der Waals surface area contributed by atoms with E-state index in [1.54, 1.807) is 0 Å². The highest BCUT2D eigenvalue weighted by Gasteiger charge is 2.26. The van der Waals surface area contributed by atoms with E-state index in [0.717, 1.165) is 17.8 Å². The number of hydrogen-bond acceptors (Lipinski definition) is 2. The molecule has 2 nitrogen and oxygen atoms in total. The van der Waals surface area contributed by atoms with Crippen LogP contribution in [0.25, 0.3) is 0 Å². The maximum atomic E-state index is 5.47. The quantitative estimate of drug-likeness (QED) is 0.642. The summed E-state index contributed by atoms with van der Waals surface area (Å²) >= 11 is 0. The van der Waals surface area contributed by atoms with Gasteiger partial charge in [-0.25, -0.2) is 0 Å². The Morgan fingerprint density at radius 1 is 1.14 bits per heavy atom. The van der Waals surface area contributed by atoms with Crippen molar-refractivity contribution >= 4 is 0 Å². The molecule has 0 aromatic carbocycles. The molecule has 2 unspecified atom stereocenters. The van der Waals surface area contributed by atoms with Gasteiger partial charge in [-0.15, -0.1) is 0 Å². The number of likely N-dealkylation sites (tertiary alicyclic amines) is 1. The van der Waals surface area contributed by atoms with Gasteiger partial charge in [-0.2, -0.15) is 0 Å². The summed E-state index contributed by atoms with van der Waals surface area (Å²) in [5.41, 5.74) is 0. The third-order valence-corrected chi connectivity index (χ3v) is 6.07. The number of rotatable bonds is 8. The standard InChI is InChI=1S/C19H37NO/c1-4-6-16(2)18-12-14-20(15-18)13-5-7-17-8-10-19(21-3)11-9-17/h16-19H,4-15H2,1-3H3/t16?,17-,18?,19-. The molecule has 1 aliphatic carbocycles. The first-order valence-corrected chi connectivity index (χ1v) is 9.48. The molecule has 0 N–H and O–H groups in total. The van der Waals surface area contributed by atoms with E-state index in [1.807, 2.05) is 7.11 Å². The van der Waals surface area contributed by atoms with Crippen LogP contribution in [0.5, 0.6) is 0 Å². The maximum absolute atomic E-state index is 5.47. The number of methoxy groups -OCH3 is 1. The molecule has 1 saturated carbocycles. The first kappa shape index (κ1) is 17.3. The van der Waals surface area contributed by atoms with Crippen LogP contribution in [0.3, 0.4) is 0 Å². The Labute approximate surface area is 132 Å². The molecule has 0 aromatic heterocycles. The smallest absolute Gasteiger partial charge is 0.0571 e. The summed E-state index contributed by atoms with van der Waals surface area (Å²) in [5, 5.41) is 0. The van der Waals surface area contributed by atoms with Gasteiger partial charge in [-0.3, -0.25) is 0 Å². The molecule has 2 heteroatoms. The molecule has 124 valence electrons. The monoisotopic (exact) mass is 295 g/mol. The van der Waals surface area contributed by atoms with Crippen molar-refractivity contribution in [2.24, 2.45) is 17.8 Å². The van der Waals surface area contributed by atoms with E-state index in [4.69, 9.17) is 4.74 Å². The fourth-order valence-electron chi connectivity index (χ4n) is 4.48. The zero-order valence-corrected chi connectivity index (χ0v) is 14.7. The summed E-state index contributed by atoms with van der Waals surface area (Å²) in [6, 6.07) is 0. The van der Waals surface area contributed by atoms with Gasteiger partial charge in [-0.1, -0.05) is 26.7 Å². The summed E-state index contributed by atoms with van der Waals surface area (Å²) in [4.78, 5) is 2.73. The third kappa shape index (κ3) is 5.56. The predicted molar refractivity (Wildman–Crippen MR) is 90.6 cm³/mol. The van der Waals surface area contributed by atoms with Crippen LogP contribution in [0.4, 0.5) is 0 Å².